The lowest BCUT2D eigenvalue weighted by molar-refractivity contribution is 1.20. The van der Waals surface area contributed by atoms with Crippen molar-refractivity contribution in [1.82, 2.24) is 4.98 Å². The van der Waals surface area contributed by atoms with Gasteiger partial charge in [0.2, 0.25) is 0 Å². The van der Waals surface area contributed by atoms with Crippen molar-refractivity contribution in [2.24, 2.45) is 0 Å². The van der Waals surface area contributed by atoms with Crippen LogP contribution in [0.2, 0.25) is 0 Å². The number of nitrogens with one attached hydrogen (secondary N) is 1. The third kappa shape index (κ3) is 0.939. The Morgan fingerprint density at radius 3 is 2.90 bits per heavy atom. The average Bonchev–Trinajstić information content (AvgIpc) is 1.95. The first-order chi connectivity index (χ1) is 4.75. The molecule has 2 heteroatoms. The van der Waals surface area contributed by atoms with Crippen LogP contribution in [0.4, 0.5) is 0 Å². The minimum absolute atomic E-state index is 0.0216. The van der Waals surface area contributed by atoms with Crippen molar-refractivity contribution in [3.8, 4) is 12.3 Å². The summed E-state index contributed by atoms with van der Waals surface area (Å²) < 4.78 is 0. The molecule has 0 fully saturated rings. The molecule has 0 saturated carbocycles. The summed E-state index contributed by atoms with van der Waals surface area (Å²) in [6.07, 6.45) is 6.65. The number of aromatic nitrogens is 1. The molecule has 50 valence electrons. The predicted molar refractivity (Wildman–Crippen MR) is 39.7 cm³/mol. The molecule has 2 nitrogen and oxygen atoms in total. The van der Waals surface area contributed by atoms with Gasteiger partial charge in [0.15, 0.2) is 5.43 Å². The lowest BCUT2D eigenvalue weighted by atomic mass is 10.2. The largest absolute Gasteiger partial charge is 0.354 e. The zero-order valence-electron chi connectivity index (χ0n) is 5.64. The second kappa shape index (κ2) is 2.40. The van der Waals surface area contributed by atoms with E-state index >= 15 is 0 Å². The molecule has 1 aromatic heterocycles. The van der Waals surface area contributed by atoms with Gasteiger partial charge in [-0.1, -0.05) is 5.92 Å². The molecule has 0 aromatic carbocycles. The molecule has 0 unspecified atom stereocenters. The van der Waals surface area contributed by atoms with E-state index in [1.807, 2.05) is 0 Å². The number of H-pyrrole nitrogens is 1. The van der Waals surface area contributed by atoms with E-state index in [9.17, 15) is 4.79 Å². The highest BCUT2D eigenvalue weighted by Gasteiger charge is 1.95. The van der Waals surface area contributed by atoms with Crippen molar-refractivity contribution in [1.29, 1.82) is 0 Å². The Bertz CT molecular complexity index is 330. The number of rotatable bonds is 0. The van der Waals surface area contributed by atoms with Crippen molar-refractivity contribution in [3.63, 3.8) is 0 Å². The van der Waals surface area contributed by atoms with Crippen LogP contribution >= 0.6 is 0 Å². The maximum absolute atomic E-state index is 10.9. The molecule has 0 spiro atoms. The van der Waals surface area contributed by atoms with Crippen LogP contribution in [0.5, 0.6) is 0 Å². The van der Waals surface area contributed by atoms with Crippen molar-refractivity contribution in [2.45, 2.75) is 6.92 Å². The van der Waals surface area contributed by atoms with E-state index in [1.165, 1.54) is 6.07 Å². The fraction of sp³-hybridized carbons (Fsp3) is 0.125. The molecule has 1 N–H and O–H groups in total. The molecule has 1 aromatic rings. The van der Waals surface area contributed by atoms with Gasteiger partial charge in [-0.3, -0.25) is 4.79 Å². The topological polar surface area (TPSA) is 32.9 Å². The zero-order valence-corrected chi connectivity index (χ0v) is 5.64. The van der Waals surface area contributed by atoms with Crippen LogP contribution < -0.4 is 5.43 Å². The first-order valence-electron chi connectivity index (χ1n) is 2.90. The highest BCUT2D eigenvalue weighted by atomic mass is 16.1. The lowest BCUT2D eigenvalue weighted by Crippen LogP contribution is -2.06. The van der Waals surface area contributed by atoms with Gasteiger partial charge < -0.3 is 4.98 Å². The molecular weight excluding hydrogens is 126 g/mol. The van der Waals surface area contributed by atoms with E-state index in [1.54, 1.807) is 13.1 Å². The summed E-state index contributed by atoms with van der Waals surface area (Å²) in [5.41, 5.74) is 1.14. The summed E-state index contributed by atoms with van der Waals surface area (Å²) in [4.78, 5) is 13.7. The highest BCUT2D eigenvalue weighted by molar-refractivity contribution is 5.31. The summed E-state index contributed by atoms with van der Waals surface area (Å²) in [6.45, 7) is 1.70. The third-order valence-corrected chi connectivity index (χ3v) is 1.35. The van der Waals surface area contributed by atoms with Crippen LogP contribution in [0, 0.1) is 19.3 Å². The Morgan fingerprint density at radius 2 is 2.40 bits per heavy atom. The Morgan fingerprint density at radius 1 is 1.70 bits per heavy atom. The maximum Gasteiger partial charge on any atom is 0.185 e. The van der Waals surface area contributed by atoms with Crippen molar-refractivity contribution >= 4 is 0 Å². The lowest BCUT2D eigenvalue weighted by Gasteiger charge is -1.93. The minimum atomic E-state index is -0.0216. The van der Waals surface area contributed by atoms with Gasteiger partial charge in [0.1, 0.15) is 0 Å². The van der Waals surface area contributed by atoms with Crippen molar-refractivity contribution in [3.05, 3.63) is 33.7 Å². The Kier molecular flexibility index (Phi) is 1.59. The van der Waals surface area contributed by atoms with Crippen molar-refractivity contribution in [2.75, 3.05) is 0 Å². The standard InChI is InChI=1S/C8H7NO/c1-3-7-6(2)8(10)4-5-9-7/h1,4-5H,2H3,(H,9,10). The van der Waals surface area contributed by atoms with Gasteiger partial charge in [-0.25, -0.2) is 0 Å². The molecule has 0 bridgehead atoms. The van der Waals surface area contributed by atoms with Gasteiger partial charge in [0.25, 0.3) is 0 Å². The number of hydrogen-bond acceptors (Lipinski definition) is 1. The predicted octanol–water partition coefficient (Wildman–Crippen LogP) is 0.665. The van der Waals surface area contributed by atoms with Crippen LogP contribution in [-0.2, 0) is 0 Å². The SMILES string of the molecule is C#Cc1[nH]ccc(=O)c1C. The number of pyridine rings is 1. The summed E-state index contributed by atoms with van der Waals surface area (Å²) in [5, 5.41) is 0. The molecule has 1 heterocycles. The summed E-state index contributed by atoms with van der Waals surface area (Å²) >= 11 is 0. The molecule has 0 aliphatic carbocycles. The van der Waals surface area contributed by atoms with Gasteiger partial charge in [0.05, 0.1) is 5.69 Å². The van der Waals surface area contributed by atoms with E-state index in [4.69, 9.17) is 6.42 Å². The monoisotopic (exact) mass is 133 g/mol. The second-order valence-electron chi connectivity index (χ2n) is 1.99. The van der Waals surface area contributed by atoms with Gasteiger partial charge >= 0.3 is 0 Å². The fourth-order valence-corrected chi connectivity index (χ4v) is 0.707. The third-order valence-electron chi connectivity index (χ3n) is 1.35. The summed E-state index contributed by atoms with van der Waals surface area (Å²) in [7, 11) is 0. The normalized spacial score (nSPS) is 8.80. The van der Waals surface area contributed by atoms with Crippen LogP contribution in [0.1, 0.15) is 11.3 Å². The number of aromatic amines is 1. The number of hydrogen-bond donors (Lipinski definition) is 1. The Labute approximate surface area is 58.9 Å². The van der Waals surface area contributed by atoms with Gasteiger partial charge in [-0.2, -0.15) is 0 Å². The quantitative estimate of drug-likeness (QED) is 0.518. The van der Waals surface area contributed by atoms with Crippen LogP contribution in [0.15, 0.2) is 17.1 Å². The molecule has 0 saturated heterocycles. The maximum atomic E-state index is 10.9. The van der Waals surface area contributed by atoms with Crippen LogP contribution in [-0.4, -0.2) is 4.98 Å². The Hall–Kier alpha value is -1.49. The molecule has 0 amide bonds. The van der Waals surface area contributed by atoms with Gasteiger partial charge in [-0.05, 0) is 6.92 Å². The minimum Gasteiger partial charge on any atom is -0.354 e. The van der Waals surface area contributed by atoms with E-state index < -0.39 is 0 Å². The zero-order chi connectivity index (χ0) is 7.56. The van der Waals surface area contributed by atoms with E-state index in [0.29, 0.717) is 11.3 Å². The first kappa shape index (κ1) is 6.63. The fourth-order valence-electron chi connectivity index (χ4n) is 0.707. The molecule has 1 rings (SSSR count). The molecular formula is C8H7NO. The van der Waals surface area contributed by atoms with Crippen molar-refractivity contribution < 1.29 is 0 Å². The first-order valence-corrected chi connectivity index (χ1v) is 2.90. The molecule has 10 heavy (non-hydrogen) atoms. The summed E-state index contributed by atoms with van der Waals surface area (Å²) in [5.74, 6) is 2.38. The van der Waals surface area contributed by atoms with Gasteiger partial charge in [0, 0.05) is 17.8 Å². The molecule has 0 aliphatic rings. The van der Waals surface area contributed by atoms with Gasteiger partial charge in [-0.15, -0.1) is 6.42 Å². The smallest absolute Gasteiger partial charge is 0.185 e. The Balaban J connectivity index is 3.46. The molecule has 0 atom stereocenters. The van der Waals surface area contributed by atoms with E-state index in [2.05, 4.69) is 10.9 Å². The van der Waals surface area contributed by atoms with E-state index in [0.717, 1.165) is 0 Å². The van der Waals surface area contributed by atoms with Crippen LogP contribution in [0.3, 0.4) is 0 Å². The number of terminal acetylenes is 1. The second-order valence-corrected chi connectivity index (χ2v) is 1.99. The highest BCUT2D eigenvalue weighted by Crippen LogP contribution is 1.92. The summed E-state index contributed by atoms with van der Waals surface area (Å²) in [6, 6.07) is 1.45. The van der Waals surface area contributed by atoms with Crippen LogP contribution in [0.25, 0.3) is 0 Å². The van der Waals surface area contributed by atoms with E-state index in [-0.39, 0.29) is 5.43 Å². The average molecular weight is 133 g/mol. The molecule has 0 aliphatic heterocycles. The molecule has 0 radical (unpaired) electrons.